The van der Waals surface area contributed by atoms with Gasteiger partial charge in [-0.3, -0.25) is 14.3 Å². The lowest BCUT2D eigenvalue weighted by atomic mass is 10.1. The summed E-state index contributed by atoms with van der Waals surface area (Å²) in [7, 11) is 1.74. The lowest BCUT2D eigenvalue weighted by molar-refractivity contribution is -0.117. The van der Waals surface area contributed by atoms with E-state index in [0.717, 1.165) is 10.4 Å². The van der Waals surface area contributed by atoms with Crippen LogP contribution in [0.4, 0.5) is 5.69 Å². The number of anilines is 1. The smallest absolute Gasteiger partial charge is 0.248 e. The highest BCUT2D eigenvalue weighted by molar-refractivity contribution is 6.16. The van der Waals surface area contributed by atoms with E-state index in [1.54, 1.807) is 48.1 Å². The van der Waals surface area contributed by atoms with E-state index in [4.69, 9.17) is 0 Å². The van der Waals surface area contributed by atoms with Crippen LogP contribution in [0.25, 0.3) is 10.9 Å². The number of hydrogen-bond donors (Lipinski definition) is 0. The molecule has 0 spiro atoms. The Kier molecular flexibility index (Phi) is 4.08. The molecule has 0 bridgehead atoms. The van der Waals surface area contributed by atoms with Crippen LogP contribution in [0.5, 0.6) is 0 Å². The van der Waals surface area contributed by atoms with Crippen LogP contribution in [0.3, 0.4) is 0 Å². The highest BCUT2D eigenvalue weighted by Crippen LogP contribution is 2.20. The summed E-state index contributed by atoms with van der Waals surface area (Å²) in [6.45, 7) is 0. The van der Waals surface area contributed by atoms with Crippen molar-refractivity contribution >= 4 is 28.3 Å². The van der Waals surface area contributed by atoms with Gasteiger partial charge in [0.15, 0.2) is 12.0 Å². The lowest BCUT2D eigenvalue weighted by Gasteiger charge is -2.12. The van der Waals surface area contributed by atoms with Crippen LogP contribution in [0.1, 0.15) is 16.9 Å². The standard InChI is InChI=1S/C18H14N4O2/c1-21-15-10-6-5-9-14(15)18(20-21)16(23)11-17(24)22(12-19)13-7-3-2-4-8-13/h2-10H,11H2,1H3. The predicted octanol–water partition coefficient (Wildman–Crippen LogP) is 2.66. The molecule has 0 saturated carbocycles. The van der Waals surface area contributed by atoms with Gasteiger partial charge in [-0.15, -0.1) is 0 Å². The zero-order valence-electron chi connectivity index (χ0n) is 13.0. The van der Waals surface area contributed by atoms with Crippen LogP contribution >= 0.6 is 0 Å². The van der Waals surface area contributed by atoms with Crippen LogP contribution in [-0.4, -0.2) is 21.5 Å². The molecule has 0 N–H and O–H groups in total. The quantitative estimate of drug-likeness (QED) is 0.321. The minimum atomic E-state index is -0.580. The minimum absolute atomic E-state index is 0.243. The third-order valence-electron chi connectivity index (χ3n) is 3.70. The van der Waals surface area contributed by atoms with Crippen LogP contribution in [-0.2, 0) is 11.8 Å². The highest BCUT2D eigenvalue weighted by Gasteiger charge is 2.23. The van der Waals surface area contributed by atoms with E-state index in [9.17, 15) is 14.9 Å². The summed E-state index contributed by atoms with van der Waals surface area (Å²) < 4.78 is 1.60. The van der Waals surface area contributed by atoms with Gasteiger partial charge in [0.2, 0.25) is 5.91 Å². The summed E-state index contributed by atoms with van der Waals surface area (Å²) in [5.41, 5.74) is 1.49. The van der Waals surface area contributed by atoms with Crippen molar-refractivity contribution < 1.29 is 9.59 Å². The van der Waals surface area contributed by atoms with Crippen molar-refractivity contribution in [3.63, 3.8) is 0 Å². The molecule has 3 rings (SSSR count). The molecule has 1 heterocycles. The molecule has 0 fully saturated rings. The van der Waals surface area contributed by atoms with Crippen molar-refractivity contribution in [1.82, 2.24) is 9.78 Å². The Morgan fingerprint density at radius 3 is 2.50 bits per heavy atom. The first-order chi connectivity index (χ1) is 11.6. The molecule has 0 unspecified atom stereocenters. The third kappa shape index (κ3) is 2.75. The zero-order chi connectivity index (χ0) is 17.1. The number of nitriles is 1. The molecule has 1 amide bonds. The lowest BCUT2D eigenvalue weighted by Crippen LogP contribution is -2.28. The Balaban J connectivity index is 1.86. The van der Waals surface area contributed by atoms with Gasteiger partial charge in [0.1, 0.15) is 5.69 Å². The maximum Gasteiger partial charge on any atom is 0.248 e. The fourth-order valence-electron chi connectivity index (χ4n) is 2.55. The summed E-state index contributed by atoms with van der Waals surface area (Å²) >= 11 is 0. The van der Waals surface area contributed by atoms with Crippen molar-refractivity contribution in [2.24, 2.45) is 7.05 Å². The molecule has 0 aliphatic carbocycles. The fourth-order valence-corrected chi connectivity index (χ4v) is 2.55. The molecule has 6 nitrogen and oxygen atoms in total. The molecule has 0 aliphatic heterocycles. The number of hydrogen-bond acceptors (Lipinski definition) is 4. The Bertz CT molecular complexity index is 954. The van der Waals surface area contributed by atoms with Gasteiger partial charge in [-0.1, -0.05) is 36.4 Å². The van der Waals surface area contributed by atoms with Crippen molar-refractivity contribution in [2.45, 2.75) is 6.42 Å². The average Bonchev–Trinajstić information content (AvgIpc) is 2.94. The first-order valence-corrected chi connectivity index (χ1v) is 7.34. The summed E-state index contributed by atoms with van der Waals surface area (Å²) in [6.07, 6.45) is 1.41. The second-order valence-electron chi connectivity index (χ2n) is 5.25. The second-order valence-corrected chi connectivity index (χ2v) is 5.25. The van der Waals surface area contributed by atoms with Crippen LogP contribution in [0, 0.1) is 11.5 Å². The summed E-state index contributed by atoms with van der Waals surface area (Å²) in [6, 6.07) is 15.8. The Morgan fingerprint density at radius 2 is 1.79 bits per heavy atom. The number of carbonyl (C=O) groups is 2. The Labute approximate surface area is 138 Å². The number of benzene rings is 2. The van der Waals surface area contributed by atoms with Gasteiger partial charge in [0, 0.05) is 12.4 Å². The minimum Gasteiger partial charge on any atom is -0.292 e. The number of para-hydroxylation sites is 2. The van der Waals surface area contributed by atoms with E-state index >= 15 is 0 Å². The summed E-state index contributed by atoms with van der Waals surface area (Å²) in [4.78, 5) is 25.8. The van der Waals surface area contributed by atoms with Gasteiger partial charge >= 0.3 is 0 Å². The molecule has 24 heavy (non-hydrogen) atoms. The number of aromatic nitrogens is 2. The number of ketones is 1. The zero-order valence-corrected chi connectivity index (χ0v) is 13.0. The van der Waals surface area contributed by atoms with E-state index in [1.165, 1.54) is 0 Å². The molecular weight excluding hydrogens is 304 g/mol. The molecule has 118 valence electrons. The normalized spacial score (nSPS) is 10.3. The Morgan fingerprint density at radius 1 is 1.12 bits per heavy atom. The average molecular weight is 318 g/mol. The summed E-state index contributed by atoms with van der Waals surface area (Å²) in [5, 5.41) is 14.1. The predicted molar refractivity (Wildman–Crippen MR) is 89.2 cm³/mol. The van der Waals surface area contributed by atoms with E-state index in [2.05, 4.69) is 5.10 Å². The fraction of sp³-hybridized carbons (Fsp3) is 0.111. The van der Waals surface area contributed by atoms with Gasteiger partial charge in [-0.25, -0.2) is 4.90 Å². The molecule has 0 atom stereocenters. The number of fused-ring (bicyclic) bond motifs is 1. The maximum absolute atomic E-state index is 12.5. The van der Waals surface area contributed by atoms with Crippen molar-refractivity contribution in [3.05, 3.63) is 60.3 Å². The highest BCUT2D eigenvalue weighted by atomic mass is 16.2. The van der Waals surface area contributed by atoms with Gasteiger partial charge in [0.25, 0.3) is 0 Å². The van der Waals surface area contributed by atoms with Crippen LogP contribution in [0.2, 0.25) is 0 Å². The number of carbonyl (C=O) groups excluding carboxylic acids is 2. The van der Waals surface area contributed by atoms with E-state index in [0.29, 0.717) is 11.1 Å². The van der Waals surface area contributed by atoms with Crippen molar-refractivity contribution in [3.8, 4) is 6.19 Å². The van der Waals surface area contributed by atoms with Gasteiger partial charge in [-0.05, 0) is 18.2 Å². The largest absolute Gasteiger partial charge is 0.292 e. The van der Waals surface area contributed by atoms with E-state index < -0.39 is 18.1 Å². The second kappa shape index (κ2) is 6.34. The maximum atomic E-state index is 12.5. The van der Waals surface area contributed by atoms with Crippen LogP contribution < -0.4 is 4.90 Å². The third-order valence-corrected chi connectivity index (χ3v) is 3.70. The van der Waals surface area contributed by atoms with Crippen LogP contribution in [0.15, 0.2) is 54.6 Å². The number of aryl methyl sites for hydroxylation is 1. The molecule has 0 saturated heterocycles. The monoisotopic (exact) mass is 318 g/mol. The molecule has 2 aromatic carbocycles. The molecule has 1 aromatic heterocycles. The number of nitrogens with zero attached hydrogens (tertiary/aromatic N) is 4. The molecule has 0 aliphatic rings. The SMILES string of the molecule is Cn1nc(C(=O)CC(=O)N(C#N)c2ccccc2)c2ccccc21. The van der Waals surface area contributed by atoms with Crippen molar-refractivity contribution in [2.75, 3.05) is 4.90 Å². The van der Waals surface area contributed by atoms with Gasteiger partial charge < -0.3 is 0 Å². The van der Waals surface area contributed by atoms with E-state index in [1.807, 2.05) is 24.4 Å². The summed E-state index contributed by atoms with van der Waals surface area (Å²) in [5.74, 6) is -0.989. The first-order valence-electron chi connectivity index (χ1n) is 7.34. The number of Topliss-reactive ketones (excluding diaryl/α,β-unsaturated/α-hetero) is 1. The molecule has 6 heteroatoms. The van der Waals surface area contributed by atoms with Gasteiger partial charge in [-0.2, -0.15) is 10.4 Å². The number of rotatable bonds is 4. The topological polar surface area (TPSA) is 79.0 Å². The molecular formula is C18H14N4O2. The Hall–Kier alpha value is -3.46. The molecule has 0 radical (unpaired) electrons. The van der Waals surface area contributed by atoms with Crippen molar-refractivity contribution in [1.29, 1.82) is 5.26 Å². The number of amides is 1. The van der Waals surface area contributed by atoms with E-state index in [-0.39, 0.29) is 5.69 Å². The molecule has 3 aromatic rings. The van der Waals surface area contributed by atoms with Gasteiger partial charge in [0.05, 0.1) is 17.6 Å². The first kappa shape index (κ1) is 15.4.